The SMILES string of the molecule is CCOC(=O)C(N)C(=O)NC(C)c1ccc(OC)cc1. The molecule has 0 saturated carbocycles. The van der Waals surface area contributed by atoms with Gasteiger partial charge in [-0.05, 0) is 31.5 Å². The molecule has 6 heteroatoms. The maximum absolute atomic E-state index is 11.8. The lowest BCUT2D eigenvalue weighted by Gasteiger charge is -2.17. The number of hydrogen-bond donors (Lipinski definition) is 2. The molecule has 0 aliphatic heterocycles. The third-order valence-electron chi connectivity index (χ3n) is 2.80. The summed E-state index contributed by atoms with van der Waals surface area (Å²) in [5.41, 5.74) is 6.40. The second-order valence-electron chi connectivity index (χ2n) is 4.23. The quantitative estimate of drug-likeness (QED) is 0.593. The number of hydrogen-bond acceptors (Lipinski definition) is 5. The normalized spacial score (nSPS) is 13.2. The van der Waals surface area contributed by atoms with E-state index in [0.29, 0.717) is 0 Å². The number of esters is 1. The average molecular weight is 280 g/mol. The first kappa shape index (κ1) is 16.0. The predicted molar refractivity (Wildman–Crippen MR) is 74.2 cm³/mol. The van der Waals surface area contributed by atoms with Crippen molar-refractivity contribution in [3.05, 3.63) is 29.8 Å². The average Bonchev–Trinajstić information content (AvgIpc) is 2.46. The molecule has 0 fully saturated rings. The fourth-order valence-corrected chi connectivity index (χ4v) is 1.62. The van der Waals surface area contributed by atoms with Gasteiger partial charge < -0.3 is 20.5 Å². The molecule has 20 heavy (non-hydrogen) atoms. The maximum Gasteiger partial charge on any atom is 0.332 e. The van der Waals surface area contributed by atoms with Crippen LogP contribution in [0.1, 0.15) is 25.5 Å². The molecule has 0 radical (unpaired) electrons. The van der Waals surface area contributed by atoms with Gasteiger partial charge in [0, 0.05) is 0 Å². The van der Waals surface area contributed by atoms with Crippen LogP contribution in [-0.2, 0) is 14.3 Å². The summed E-state index contributed by atoms with van der Waals surface area (Å²) in [5.74, 6) is -0.561. The van der Waals surface area contributed by atoms with Crippen molar-refractivity contribution < 1.29 is 19.1 Å². The Kier molecular flexibility index (Phi) is 5.99. The lowest BCUT2D eigenvalue weighted by atomic mass is 10.1. The van der Waals surface area contributed by atoms with Crippen LogP contribution in [0.5, 0.6) is 5.75 Å². The van der Waals surface area contributed by atoms with Crippen molar-refractivity contribution >= 4 is 11.9 Å². The summed E-state index contributed by atoms with van der Waals surface area (Å²) in [6.45, 7) is 3.65. The van der Waals surface area contributed by atoms with E-state index in [0.717, 1.165) is 11.3 Å². The number of amides is 1. The summed E-state index contributed by atoms with van der Waals surface area (Å²) in [6, 6.07) is 5.68. The molecule has 0 aliphatic rings. The van der Waals surface area contributed by atoms with Gasteiger partial charge >= 0.3 is 5.97 Å². The molecular formula is C14H20N2O4. The third-order valence-corrected chi connectivity index (χ3v) is 2.80. The highest BCUT2D eigenvalue weighted by Gasteiger charge is 2.24. The lowest BCUT2D eigenvalue weighted by molar-refractivity contribution is -0.148. The predicted octanol–water partition coefficient (Wildman–Crippen LogP) is 0.763. The van der Waals surface area contributed by atoms with Crippen molar-refractivity contribution in [1.29, 1.82) is 0 Å². The Labute approximate surface area is 118 Å². The second kappa shape index (κ2) is 7.49. The third kappa shape index (κ3) is 4.24. The number of carbonyl (C=O) groups excluding carboxylic acids is 2. The van der Waals surface area contributed by atoms with Crippen LogP contribution in [0, 0.1) is 0 Å². The number of rotatable bonds is 6. The Hall–Kier alpha value is -2.08. The van der Waals surface area contributed by atoms with Gasteiger partial charge in [0.15, 0.2) is 6.04 Å². The highest BCUT2D eigenvalue weighted by atomic mass is 16.5. The minimum absolute atomic E-state index is 0.188. The molecule has 1 amide bonds. The summed E-state index contributed by atoms with van der Waals surface area (Å²) in [4.78, 5) is 23.2. The molecule has 0 saturated heterocycles. The van der Waals surface area contributed by atoms with Gasteiger partial charge in [-0.2, -0.15) is 0 Å². The van der Waals surface area contributed by atoms with Crippen LogP contribution in [-0.4, -0.2) is 31.6 Å². The van der Waals surface area contributed by atoms with Gasteiger partial charge in [-0.3, -0.25) is 4.79 Å². The van der Waals surface area contributed by atoms with Crippen LogP contribution in [0.25, 0.3) is 0 Å². The van der Waals surface area contributed by atoms with Crippen LogP contribution in [0.4, 0.5) is 0 Å². The van der Waals surface area contributed by atoms with E-state index in [1.807, 2.05) is 12.1 Å². The molecule has 0 bridgehead atoms. The molecule has 1 aromatic rings. The topological polar surface area (TPSA) is 90.7 Å². The molecule has 0 spiro atoms. The number of nitrogens with two attached hydrogens (primary N) is 1. The van der Waals surface area contributed by atoms with E-state index >= 15 is 0 Å². The van der Waals surface area contributed by atoms with Gasteiger partial charge in [-0.25, -0.2) is 4.79 Å². The summed E-state index contributed by atoms with van der Waals surface area (Å²) < 4.78 is 9.76. The molecule has 110 valence electrons. The van der Waals surface area contributed by atoms with Crippen LogP contribution in [0.3, 0.4) is 0 Å². The van der Waals surface area contributed by atoms with Crippen molar-refractivity contribution in [1.82, 2.24) is 5.32 Å². The van der Waals surface area contributed by atoms with E-state index in [1.54, 1.807) is 33.1 Å². The zero-order valence-corrected chi connectivity index (χ0v) is 11.9. The highest BCUT2D eigenvalue weighted by molar-refractivity contribution is 6.01. The van der Waals surface area contributed by atoms with Gasteiger partial charge in [0.1, 0.15) is 5.75 Å². The second-order valence-corrected chi connectivity index (χ2v) is 4.23. The minimum atomic E-state index is -1.31. The van der Waals surface area contributed by atoms with Gasteiger partial charge in [-0.1, -0.05) is 12.1 Å². The molecule has 1 aromatic carbocycles. The van der Waals surface area contributed by atoms with Gasteiger partial charge in [0.05, 0.1) is 19.8 Å². The molecular weight excluding hydrogens is 260 g/mol. The van der Waals surface area contributed by atoms with Crippen molar-refractivity contribution in [3.8, 4) is 5.75 Å². The highest BCUT2D eigenvalue weighted by Crippen LogP contribution is 2.17. The largest absolute Gasteiger partial charge is 0.497 e. The zero-order chi connectivity index (χ0) is 15.1. The van der Waals surface area contributed by atoms with Gasteiger partial charge in [0.25, 0.3) is 0 Å². The van der Waals surface area contributed by atoms with Crippen LogP contribution >= 0.6 is 0 Å². The summed E-state index contributed by atoms with van der Waals surface area (Å²) in [5, 5.41) is 2.67. The monoisotopic (exact) mass is 280 g/mol. The van der Waals surface area contributed by atoms with Crippen LogP contribution < -0.4 is 15.8 Å². The first-order chi connectivity index (χ1) is 9.49. The van der Waals surface area contributed by atoms with E-state index in [1.165, 1.54) is 0 Å². The number of benzene rings is 1. The minimum Gasteiger partial charge on any atom is -0.497 e. The van der Waals surface area contributed by atoms with Crippen LogP contribution in [0.15, 0.2) is 24.3 Å². The Bertz CT molecular complexity index is 459. The maximum atomic E-state index is 11.8. The standard InChI is InChI=1S/C14H20N2O4/c1-4-20-14(18)12(15)13(17)16-9(2)10-5-7-11(19-3)8-6-10/h5-9,12H,4,15H2,1-3H3,(H,16,17). The number of nitrogens with one attached hydrogen (secondary N) is 1. The Balaban J connectivity index is 2.62. The van der Waals surface area contributed by atoms with Crippen LogP contribution in [0.2, 0.25) is 0 Å². The van der Waals surface area contributed by atoms with Crippen molar-refractivity contribution in [3.63, 3.8) is 0 Å². The molecule has 6 nitrogen and oxygen atoms in total. The number of carbonyl (C=O) groups is 2. The fraction of sp³-hybridized carbons (Fsp3) is 0.429. The summed E-state index contributed by atoms with van der Waals surface area (Å²) >= 11 is 0. The summed E-state index contributed by atoms with van der Waals surface area (Å²) in [6.07, 6.45) is 0. The van der Waals surface area contributed by atoms with Crippen molar-refractivity contribution in [2.45, 2.75) is 25.9 Å². The van der Waals surface area contributed by atoms with E-state index < -0.39 is 17.9 Å². The summed E-state index contributed by atoms with van der Waals surface area (Å²) in [7, 11) is 1.58. The smallest absolute Gasteiger partial charge is 0.332 e. The molecule has 2 atom stereocenters. The lowest BCUT2D eigenvalue weighted by Crippen LogP contribution is -2.47. The fourth-order valence-electron chi connectivity index (χ4n) is 1.62. The molecule has 0 aromatic heterocycles. The molecule has 1 rings (SSSR count). The van der Waals surface area contributed by atoms with E-state index in [-0.39, 0.29) is 12.6 Å². The van der Waals surface area contributed by atoms with E-state index in [2.05, 4.69) is 5.32 Å². The molecule has 2 unspecified atom stereocenters. The van der Waals surface area contributed by atoms with Gasteiger partial charge in [0.2, 0.25) is 5.91 Å². The number of ether oxygens (including phenoxy) is 2. The number of methoxy groups -OCH3 is 1. The Morgan fingerprint density at radius 2 is 1.90 bits per heavy atom. The van der Waals surface area contributed by atoms with Gasteiger partial charge in [-0.15, -0.1) is 0 Å². The Morgan fingerprint density at radius 1 is 1.30 bits per heavy atom. The molecule has 0 aliphatic carbocycles. The van der Waals surface area contributed by atoms with Crippen molar-refractivity contribution in [2.75, 3.05) is 13.7 Å². The Morgan fingerprint density at radius 3 is 2.40 bits per heavy atom. The first-order valence-electron chi connectivity index (χ1n) is 6.36. The molecule has 0 heterocycles. The molecule has 3 N–H and O–H groups in total. The zero-order valence-electron chi connectivity index (χ0n) is 11.9. The van der Waals surface area contributed by atoms with Crippen molar-refractivity contribution in [2.24, 2.45) is 5.73 Å². The van der Waals surface area contributed by atoms with E-state index in [4.69, 9.17) is 15.2 Å². The van der Waals surface area contributed by atoms with E-state index in [9.17, 15) is 9.59 Å². The first-order valence-corrected chi connectivity index (χ1v) is 6.36.